The SMILES string of the molecule is Cc1cccnc1Nc1nc(-c2cc(N)ccn2)ns1. The standard InChI is InChI=1S/C13H12N6S/c1-8-3-2-5-16-11(8)17-13-18-12(19-20-13)10-7-9(14)4-6-15-10/h2-7H,1H3,(H2,14,15)(H,16,17,18,19). The Morgan fingerprint density at radius 3 is 2.90 bits per heavy atom. The summed E-state index contributed by atoms with van der Waals surface area (Å²) in [6, 6.07) is 7.35. The van der Waals surface area contributed by atoms with Crippen molar-refractivity contribution in [3.05, 3.63) is 42.2 Å². The van der Waals surface area contributed by atoms with Crippen LogP contribution in [-0.4, -0.2) is 19.3 Å². The van der Waals surface area contributed by atoms with Crippen molar-refractivity contribution in [3.63, 3.8) is 0 Å². The second-order valence-corrected chi connectivity index (χ2v) is 4.94. The molecule has 6 nitrogen and oxygen atoms in total. The Hall–Kier alpha value is -2.54. The van der Waals surface area contributed by atoms with Gasteiger partial charge in [-0.25, -0.2) is 4.98 Å². The highest BCUT2D eigenvalue weighted by Gasteiger charge is 2.09. The average molecular weight is 284 g/mol. The zero-order valence-corrected chi connectivity index (χ0v) is 11.6. The van der Waals surface area contributed by atoms with Crippen LogP contribution in [0.4, 0.5) is 16.6 Å². The van der Waals surface area contributed by atoms with E-state index in [1.165, 1.54) is 11.5 Å². The van der Waals surface area contributed by atoms with E-state index in [1.54, 1.807) is 24.5 Å². The van der Waals surface area contributed by atoms with Crippen LogP contribution in [0, 0.1) is 6.92 Å². The molecule has 0 aliphatic carbocycles. The molecule has 0 bridgehead atoms. The third-order valence-electron chi connectivity index (χ3n) is 2.67. The average Bonchev–Trinajstić information content (AvgIpc) is 2.90. The largest absolute Gasteiger partial charge is 0.399 e. The summed E-state index contributed by atoms with van der Waals surface area (Å²) < 4.78 is 4.28. The summed E-state index contributed by atoms with van der Waals surface area (Å²) in [7, 11) is 0. The Balaban J connectivity index is 1.86. The van der Waals surface area contributed by atoms with Crippen LogP contribution in [0.1, 0.15) is 5.56 Å². The summed E-state index contributed by atoms with van der Waals surface area (Å²) >= 11 is 1.26. The molecule has 3 aromatic heterocycles. The molecule has 0 aromatic carbocycles. The highest BCUT2D eigenvalue weighted by molar-refractivity contribution is 7.09. The molecule has 0 radical (unpaired) electrons. The molecular formula is C13H12N6S. The Morgan fingerprint density at radius 2 is 2.10 bits per heavy atom. The fraction of sp³-hybridized carbons (Fsp3) is 0.0769. The van der Waals surface area contributed by atoms with E-state index in [9.17, 15) is 0 Å². The maximum absolute atomic E-state index is 5.73. The van der Waals surface area contributed by atoms with Crippen molar-refractivity contribution >= 4 is 28.2 Å². The van der Waals surface area contributed by atoms with Crippen LogP contribution in [-0.2, 0) is 0 Å². The van der Waals surface area contributed by atoms with Crippen LogP contribution in [0.5, 0.6) is 0 Å². The van der Waals surface area contributed by atoms with Gasteiger partial charge in [0.15, 0.2) is 5.82 Å². The van der Waals surface area contributed by atoms with Gasteiger partial charge in [-0.1, -0.05) is 6.07 Å². The van der Waals surface area contributed by atoms with Crippen molar-refractivity contribution in [1.29, 1.82) is 0 Å². The molecule has 0 saturated carbocycles. The van der Waals surface area contributed by atoms with Gasteiger partial charge in [0.25, 0.3) is 0 Å². The molecule has 3 rings (SSSR count). The van der Waals surface area contributed by atoms with Gasteiger partial charge in [-0.05, 0) is 30.7 Å². The summed E-state index contributed by atoms with van der Waals surface area (Å²) in [5, 5.41) is 3.82. The third kappa shape index (κ3) is 2.57. The van der Waals surface area contributed by atoms with Gasteiger partial charge < -0.3 is 11.1 Å². The fourth-order valence-electron chi connectivity index (χ4n) is 1.67. The second kappa shape index (κ2) is 5.22. The number of pyridine rings is 2. The van der Waals surface area contributed by atoms with Crippen molar-refractivity contribution in [3.8, 4) is 11.5 Å². The van der Waals surface area contributed by atoms with Crippen LogP contribution >= 0.6 is 11.5 Å². The van der Waals surface area contributed by atoms with Crippen LogP contribution < -0.4 is 11.1 Å². The van der Waals surface area contributed by atoms with Gasteiger partial charge in [0.2, 0.25) is 5.13 Å². The van der Waals surface area contributed by atoms with E-state index in [0.29, 0.717) is 22.3 Å². The highest BCUT2D eigenvalue weighted by Crippen LogP contribution is 2.23. The zero-order chi connectivity index (χ0) is 13.9. The summed E-state index contributed by atoms with van der Waals surface area (Å²) in [6.45, 7) is 1.98. The van der Waals surface area contributed by atoms with Gasteiger partial charge in [0, 0.05) is 29.6 Å². The van der Waals surface area contributed by atoms with Gasteiger partial charge >= 0.3 is 0 Å². The summed E-state index contributed by atoms with van der Waals surface area (Å²) in [6.07, 6.45) is 3.37. The minimum atomic E-state index is 0.554. The molecule has 3 heterocycles. The lowest BCUT2D eigenvalue weighted by Gasteiger charge is -2.03. The number of anilines is 3. The molecule has 0 amide bonds. The molecule has 0 fully saturated rings. The van der Waals surface area contributed by atoms with Gasteiger partial charge in [-0.3, -0.25) is 4.98 Å². The smallest absolute Gasteiger partial charge is 0.208 e. The van der Waals surface area contributed by atoms with Gasteiger partial charge in [-0.2, -0.15) is 9.36 Å². The Bertz CT molecular complexity index is 739. The molecule has 0 aliphatic rings. The number of nitrogens with two attached hydrogens (primary N) is 1. The number of rotatable bonds is 3. The molecule has 0 spiro atoms. The number of hydrogen-bond donors (Lipinski definition) is 2. The lowest BCUT2D eigenvalue weighted by Crippen LogP contribution is -1.95. The monoisotopic (exact) mass is 284 g/mol. The maximum Gasteiger partial charge on any atom is 0.208 e. The van der Waals surface area contributed by atoms with E-state index in [0.717, 1.165) is 11.4 Å². The van der Waals surface area contributed by atoms with Crippen molar-refractivity contribution in [2.24, 2.45) is 0 Å². The topological polar surface area (TPSA) is 89.6 Å². The first-order valence-corrected chi connectivity index (χ1v) is 6.74. The van der Waals surface area contributed by atoms with E-state index in [2.05, 4.69) is 24.6 Å². The minimum Gasteiger partial charge on any atom is -0.399 e. The quantitative estimate of drug-likeness (QED) is 0.768. The minimum absolute atomic E-state index is 0.554. The Morgan fingerprint density at radius 1 is 1.20 bits per heavy atom. The number of nitrogen functional groups attached to an aromatic ring is 1. The van der Waals surface area contributed by atoms with Crippen molar-refractivity contribution in [2.75, 3.05) is 11.1 Å². The van der Waals surface area contributed by atoms with Crippen LogP contribution in [0.2, 0.25) is 0 Å². The van der Waals surface area contributed by atoms with Crippen molar-refractivity contribution < 1.29 is 0 Å². The van der Waals surface area contributed by atoms with E-state index in [-0.39, 0.29) is 0 Å². The molecule has 3 N–H and O–H groups in total. The first-order chi connectivity index (χ1) is 9.72. The van der Waals surface area contributed by atoms with E-state index in [1.807, 2.05) is 19.1 Å². The van der Waals surface area contributed by atoms with Crippen molar-refractivity contribution in [2.45, 2.75) is 6.92 Å². The molecule has 0 atom stereocenters. The van der Waals surface area contributed by atoms with Crippen LogP contribution in [0.15, 0.2) is 36.7 Å². The predicted molar refractivity (Wildman–Crippen MR) is 79.8 cm³/mol. The molecule has 7 heteroatoms. The number of aromatic nitrogens is 4. The lowest BCUT2D eigenvalue weighted by molar-refractivity contribution is 1.21. The molecule has 100 valence electrons. The normalized spacial score (nSPS) is 10.4. The van der Waals surface area contributed by atoms with E-state index < -0.39 is 0 Å². The number of hydrogen-bond acceptors (Lipinski definition) is 7. The van der Waals surface area contributed by atoms with Crippen LogP contribution in [0.3, 0.4) is 0 Å². The fourth-order valence-corrected chi connectivity index (χ4v) is 2.24. The highest BCUT2D eigenvalue weighted by atomic mass is 32.1. The number of nitrogens with one attached hydrogen (secondary N) is 1. The van der Waals surface area contributed by atoms with E-state index in [4.69, 9.17) is 5.73 Å². The lowest BCUT2D eigenvalue weighted by atomic mass is 10.3. The summed E-state index contributed by atoms with van der Waals surface area (Å²) in [5.74, 6) is 1.33. The third-order valence-corrected chi connectivity index (χ3v) is 3.30. The maximum atomic E-state index is 5.73. The number of aryl methyl sites for hydroxylation is 1. The molecule has 0 saturated heterocycles. The first kappa shape index (κ1) is 12.5. The van der Waals surface area contributed by atoms with Gasteiger partial charge in [0.05, 0.1) is 0 Å². The van der Waals surface area contributed by atoms with Crippen LogP contribution in [0.25, 0.3) is 11.5 Å². The molecule has 3 aromatic rings. The molecular weight excluding hydrogens is 272 g/mol. The first-order valence-electron chi connectivity index (χ1n) is 5.96. The van der Waals surface area contributed by atoms with Gasteiger partial charge in [0.1, 0.15) is 11.5 Å². The molecule has 20 heavy (non-hydrogen) atoms. The van der Waals surface area contributed by atoms with E-state index >= 15 is 0 Å². The van der Waals surface area contributed by atoms with Gasteiger partial charge in [-0.15, -0.1) is 0 Å². The molecule has 0 aliphatic heterocycles. The Labute approximate surface area is 119 Å². The summed E-state index contributed by atoms with van der Waals surface area (Å²) in [4.78, 5) is 12.9. The molecule has 0 unspecified atom stereocenters. The number of nitrogens with zero attached hydrogens (tertiary/aromatic N) is 4. The Kier molecular flexibility index (Phi) is 3.26. The predicted octanol–water partition coefficient (Wildman–Crippen LogP) is 2.63. The zero-order valence-electron chi connectivity index (χ0n) is 10.7. The summed E-state index contributed by atoms with van der Waals surface area (Å²) in [5.41, 5.74) is 8.07. The van der Waals surface area contributed by atoms with Crippen molar-refractivity contribution in [1.82, 2.24) is 19.3 Å². The second-order valence-electron chi connectivity index (χ2n) is 4.19.